The zero-order valence-electron chi connectivity index (χ0n) is 15.6. The normalized spacial score (nSPS) is 19.9. The number of unbranched alkanes of at least 4 members (excludes halogenated alkanes) is 2. The van der Waals surface area contributed by atoms with Crippen molar-refractivity contribution in [3.63, 3.8) is 0 Å². The first-order valence-corrected chi connectivity index (χ1v) is 9.90. The lowest BCUT2D eigenvalue weighted by Crippen LogP contribution is -2.37. The molecule has 0 atom stereocenters. The molecule has 1 aliphatic rings. The summed E-state index contributed by atoms with van der Waals surface area (Å²) in [6, 6.07) is 8.11. The first-order chi connectivity index (χ1) is 12.6. The van der Waals surface area contributed by atoms with Gasteiger partial charge in [-0.3, -0.25) is 9.59 Å². The molecule has 4 N–H and O–H groups in total. The van der Waals surface area contributed by atoms with Gasteiger partial charge in [0.15, 0.2) is 0 Å². The molecule has 1 aliphatic carbocycles. The van der Waals surface area contributed by atoms with Crippen LogP contribution >= 0.6 is 0 Å². The Kier molecular flexibility index (Phi) is 8.62. The summed E-state index contributed by atoms with van der Waals surface area (Å²) in [7, 11) is 0. The molecule has 0 heterocycles. The number of benzene rings is 1. The lowest BCUT2D eigenvalue weighted by molar-refractivity contribution is -0.137. The Balaban J connectivity index is 1.71. The minimum Gasteiger partial charge on any atom is -0.481 e. The summed E-state index contributed by atoms with van der Waals surface area (Å²) >= 11 is 0. The van der Waals surface area contributed by atoms with Crippen LogP contribution in [0.5, 0.6) is 0 Å². The number of aryl methyl sites for hydroxylation is 1. The fourth-order valence-corrected chi connectivity index (χ4v) is 3.66. The van der Waals surface area contributed by atoms with Crippen LogP contribution in [-0.4, -0.2) is 29.6 Å². The van der Waals surface area contributed by atoms with Gasteiger partial charge in [0.05, 0.1) is 0 Å². The number of carboxylic acid groups (broad SMARTS) is 1. The highest BCUT2D eigenvalue weighted by Gasteiger charge is 2.23. The van der Waals surface area contributed by atoms with Crippen LogP contribution in [0.3, 0.4) is 0 Å². The Bertz CT molecular complexity index is 563. The first-order valence-electron chi connectivity index (χ1n) is 9.90. The van der Waals surface area contributed by atoms with E-state index in [1.807, 2.05) is 24.3 Å². The minimum absolute atomic E-state index is 0.00586. The van der Waals surface area contributed by atoms with Gasteiger partial charge in [0.1, 0.15) is 0 Å². The third-order valence-corrected chi connectivity index (χ3v) is 5.33. The van der Waals surface area contributed by atoms with Crippen molar-refractivity contribution in [2.45, 2.75) is 70.3 Å². The average Bonchev–Trinajstić information content (AvgIpc) is 2.65. The van der Waals surface area contributed by atoms with Gasteiger partial charge in [0.2, 0.25) is 0 Å². The van der Waals surface area contributed by atoms with Crippen molar-refractivity contribution in [1.29, 1.82) is 0 Å². The van der Waals surface area contributed by atoms with Gasteiger partial charge in [0.25, 0.3) is 5.91 Å². The van der Waals surface area contributed by atoms with Crippen LogP contribution in [0.15, 0.2) is 24.3 Å². The minimum atomic E-state index is -0.719. The molecule has 1 aromatic carbocycles. The van der Waals surface area contributed by atoms with Gasteiger partial charge in [-0.15, -0.1) is 0 Å². The second-order valence-electron chi connectivity index (χ2n) is 7.42. The Labute approximate surface area is 156 Å². The number of carbonyl (C=O) groups is 2. The van der Waals surface area contributed by atoms with E-state index < -0.39 is 5.97 Å². The molecule has 0 radical (unpaired) electrons. The average molecular weight is 360 g/mol. The number of nitrogens with one attached hydrogen (secondary N) is 1. The van der Waals surface area contributed by atoms with E-state index in [1.165, 1.54) is 5.56 Å². The molecule has 0 aromatic heterocycles. The number of aliphatic carboxylic acids is 1. The highest BCUT2D eigenvalue weighted by Crippen LogP contribution is 2.28. The van der Waals surface area contributed by atoms with E-state index in [0.29, 0.717) is 11.5 Å². The standard InChI is InChI=1S/C21H32N2O3/c22-15-3-1-2-4-16-5-10-18(11-6-16)21(26)23-19-12-7-17(8-13-19)9-14-20(24)25/h5-6,10-11,17,19H,1-4,7-9,12-15,22H2,(H,23,26)(H,24,25). The Hall–Kier alpha value is -1.88. The van der Waals surface area contributed by atoms with Gasteiger partial charge in [-0.25, -0.2) is 0 Å². The quantitative estimate of drug-likeness (QED) is 0.557. The maximum atomic E-state index is 12.4. The molecule has 1 fully saturated rings. The van der Waals surface area contributed by atoms with Crippen LogP contribution in [0.4, 0.5) is 0 Å². The Morgan fingerprint density at radius 1 is 1.04 bits per heavy atom. The second kappa shape index (κ2) is 11.0. The van der Waals surface area contributed by atoms with Gasteiger partial charge >= 0.3 is 5.97 Å². The van der Waals surface area contributed by atoms with Crippen molar-refractivity contribution in [3.8, 4) is 0 Å². The van der Waals surface area contributed by atoms with Gasteiger partial charge in [-0.05, 0) is 81.5 Å². The van der Waals surface area contributed by atoms with Crippen molar-refractivity contribution in [3.05, 3.63) is 35.4 Å². The summed E-state index contributed by atoms with van der Waals surface area (Å²) in [5, 5.41) is 11.9. The number of amides is 1. The molecule has 5 nitrogen and oxygen atoms in total. The third-order valence-electron chi connectivity index (χ3n) is 5.33. The predicted molar refractivity (Wildman–Crippen MR) is 103 cm³/mol. The summed E-state index contributed by atoms with van der Waals surface area (Å²) in [5.41, 5.74) is 7.48. The number of carboxylic acids is 1. The molecular formula is C21H32N2O3. The van der Waals surface area contributed by atoms with Gasteiger partial charge in [-0.2, -0.15) is 0 Å². The fraction of sp³-hybridized carbons (Fsp3) is 0.619. The monoisotopic (exact) mass is 360 g/mol. The number of carbonyl (C=O) groups excluding carboxylic acids is 1. The molecule has 0 aliphatic heterocycles. The summed E-state index contributed by atoms with van der Waals surface area (Å²) in [6.07, 6.45) is 9.26. The highest BCUT2D eigenvalue weighted by molar-refractivity contribution is 5.94. The Morgan fingerprint density at radius 2 is 1.73 bits per heavy atom. The van der Waals surface area contributed by atoms with Crippen LogP contribution < -0.4 is 11.1 Å². The Morgan fingerprint density at radius 3 is 2.35 bits per heavy atom. The SMILES string of the molecule is NCCCCCc1ccc(C(=O)NC2CCC(CCC(=O)O)CC2)cc1. The van der Waals surface area contributed by atoms with E-state index in [2.05, 4.69) is 5.32 Å². The summed E-state index contributed by atoms with van der Waals surface area (Å²) < 4.78 is 0. The van der Waals surface area contributed by atoms with E-state index in [1.54, 1.807) is 0 Å². The van der Waals surface area contributed by atoms with Crippen LogP contribution in [0.1, 0.15) is 73.7 Å². The molecule has 0 saturated heterocycles. The van der Waals surface area contributed by atoms with E-state index in [0.717, 1.165) is 64.3 Å². The lowest BCUT2D eigenvalue weighted by atomic mass is 9.83. The maximum absolute atomic E-state index is 12.4. The van der Waals surface area contributed by atoms with E-state index in [-0.39, 0.29) is 18.4 Å². The molecule has 144 valence electrons. The van der Waals surface area contributed by atoms with E-state index in [4.69, 9.17) is 10.8 Å². The summed E-state index contributed by atoms with van der Waals surface area (Å²) in [5.74, 6) is -0.241. The zero-order valence-corrected chi connectivity index (χ0v) is 15.6. The molecule has 1 amide bonds. The molecule has 0 spiro atoms. The zero-order chi connectivity index (χ0) is 18.8. The number of rotatable bonds is 10. The van der Waals surface area contributed by atoms with Gasteiger partial charge in [-0.1, -0.05) is 18.6 Å². The molecule has 5 heteroatoms. The third kappa shape index (κ3) is 7.16. The molecule has 0 bridgehead atoms. The first kappa shape index (κ1) is 20.4. The van der Waals surface area contributed by atoms with Crippen LogP contribution in [0.25, 0.3) is 0 Å². The van der Waals surface area contributed by atoms with Gasteiger partial charge in [0, 0.05) is 18.0 Å². The molecule has 1 aromatic rings. The largest absolute Gasteiger partial charge is 0.481 e. The van der Waals surface area contributed by atoms with Crippen molar-refractivity contribution < 1.29 is 14.7 Å². The molecule has 0 unspecified atom stereocenters. The van der Waals surface area contributed by atoms with Gasteiger partial charge < -0.3 is 16.2 Å². The van der Waals surface area contributed by atoms with Crippen molar-refractivity contribution >= 4 is 11.9 Å². The number of hydrogen-bond acceptors (Lipinski definition) is 3. The summed E-state index contributed by atoms with van der Waals surface area (Å²) in [6.45, 7) is 0.751. The smallest absolute Gasteiger partial charge is 0.303 e. The highest BCUT2D eigenvalue weighted by atomic mass is 16.4. The second-order valence-corrected chi connectivity index (χ2v) is 7.42. The number of nitrogens with two attached hydrogens (primary N) is 1. The van der Waals surface area contributed by atoms with E-state index >= 15 is 0 Å². The van der Waals surface area contributed by atoms with Crippen LogP contribution in [-0.2, 0) is 11.2 Å². The van der Waals surface area contributed by atoms with Crippen molar-refractivity contribution in [2.24, 2.45) is 11.7 Å². The summed E-state index contributed by atoms with van der Waals surface area (Å²) in [4.78, 5) is 23.1. The molecule has 26 heavy (non-hydrogen) atoms. The van der Waals surface area contributed by atoms with Crippen LogP contribution in [0.2, 0.25) is 0 Å². The van der Waals surface area contributed by atoms with E-state index in [9.17, 15) is 9.59 Å². The fourth-order valence-electron chi connectivity index (χ4n) is 3.66. The lowest BCUT2D eigenvalue weighted by Gasteiger charge is -2.28. The molecular weight excluding hydrogens is 328 g/mol. The molecule has 2 rings (SSSR count). The van der Waals surface area contributed by atoms with Crippen molar-refractivity contribution in [1.82, 2.24) is 5.32 Å². The topological polar surface area (TPSA) is 92.4 Å². The maximum Gasteiger partial charge on any atom is 0.303 e. The van der Waals surface area contributed by atoms with Crippen LogP contribution in [0, 0.1) is 5.92 Å². The number of hydrogen-bond donors (Lipinski definition) is 3. The predicted octanol–water partition coefficient (Wildman–Crippen LogP) is 3.51. The van der Waals surface area contributed by atoms with Crippen molar-refractivity contribution in [2.75, 3.05) is 6.54 Å². The molecule has 1 saturated carbocycles.